The fraction of sp³-hybridized carbons (Fsp3) is 0.429. The molecule has 19 heavy (non-hydrogen) atoms. The van der Waals surface area contributed by atoms with Crippen LogP contribution in [0.5, 0.6) is 0 Å². The van der Waals surface area contributed by atoms with Gasteiger partial charge in [-0.2, -0.15) is 0 Å². The Morgan fingerprint density at radius 2 is 2.26 bits per heavy atom. The molecule has 1 atom stereocenters. The van der Waals surface area contributed by atoms with Crippen molar-refractivity contribution in [2.24, 2.45) is 5.92 Å². The Balaban J connectivity index is 2.09. The minimum absolute atomic E-state index is 0.0832. The van der Waals surface area contributed by atoms with E-state index in [0.717, 1.165) is 11.3 Å². The van der Waals surface area contributed by atoms with Gasteiger partial charge in [0.15, 0.2) is 5.12 Å². The average molecular weight is 298 g/mol. The van der Waals surface area contributed by atoms with Gasteiger partial charge in [-0.15, -0.1) is 0 Å². The van der Waals surface area contributed by atoms with E-state index in [1.807, 2.05) is 25.1 Å². The molecule has 1 aliphatic rings. The van der Waals surface area contributed by atoms with E-state index >= 15 is 0 Å². The molecule has 5 heteroatoms. The molecule has 1 heterocycles. The highest BCUT2D eigenvalue weighted by atomic mass is 35.5. The third-order valence-electron chi connectivity index (χ3n) is 3.12. The number of anilines is 1. The first-order chi connectivity index (χ1) is 8.97. The standard InChI is InChI=1S/C14H16ClNO2S/c1-9-3-4-13(12(15)5-9)16-7-11(6-14(16)18)8-19-10(2)17/h3-5,11H,6-8H2,1-2H3. The Morgan fingerprint density at radius 3 is 2.89 bits per heavy atom. The number of aryl methyl sites for hydroxylation is 1. The molecule has 1 aromatic carbocycles. The van der Waals surface area contributed by atoms with Crippen LogP contribution in [0.25, 0.3) is 0 Å². The molecule has 102 valence electrons. The number of amides is 1. The van der Waals surface area contributed by atoms with Crippen molar-refractivity contribution in [1.29, 1.82) is 0 Å². The maximum absolute atomic E-state index is 12.0. The molecule has 0 bridgehead atoms. The van der Waals surface area contributed by atoms with Crippen LogP contribution in [-0.4, -0.2) is 23.3 Å². The zero-order chi connectivity index (χ0) is 14.0. The molecule has 0 N–H and O–H groups in total. The second-order valence-corrected chi connectivity index (χ2v) is 6.44. The molecule has 0 saturated carbocycles. The zero-order valence-electron chi connectivity index (χ0n) is 11.0. The molecule has 0 spiro atoms. The van der Waals surface area contributed by atoms with Gasteiger partial charge in [-0.3, -0.25) is 9.59 Å². The Bertz CT molecular complexity index is 518. The maximum Gasteiger partial charge on any atom is 0.227 e. The van der Waals surface area contributed by atoms with Gasteiger partial charge in [0.25, 0.3) is 0 Å². The van der Waals surface area contributed by atoms with Crippen LogP contribution in [0.3, 0.4) is 0 Å². The van der Waals surface area contributed by atoms with Crippen LogP contribution in [0.15, 0.2) is 18.2 Å². The minimum atomic E-state index is 0.0832. The van der Waals surface area contributed by atoms with Gasteiger partial charge in [-0.05, 0) is 30.5 Å². The summed E-state index contributed by atoms with van der Waals surface area (Å²) < 4.78 is 0. The maximum atomic E-state index is 12.0. The van der Waals surface area contributed by atoms with Crippen LogP contribution in [-0.2, 0) is 9.59 Å². The monoisotopic (exact) mass is 297 g/mol. The first-order valence-electron chi connectivity index (χ1n) is 6.17. The molecule has 1 fully saturated rings. The van der Waals surface area contributed by atoms with E-state index < -0.39 is 0 Å². The molecule has 0 aromatic heterocycles. The lowest BCUT2D eigenvalue weighted by Gasteiger charge is -2.18. The molecular formula is C14H16ClNO2S. The predicted octanol–water partition coefficient (Wildman–Crippen LogP) is 3.28. The summed E-state index contributed by atoms with van der Waals surface area (Å²) >= 11 is 7.48. The Hall–Kier alpha value is -1.00. The van der Waals surface area contributed by atoms with E-state index in [1.54, 1.807) is 11.8 Å². The molecule has 1 saturated heterocycles. The molecule has 2 rings (SSSR count). The van der Waals surface area contributed by atoms with Crippen LogP contribution >= 0.6 is 23.4 Å². The van der Waals surface area contributed by atoms with E-state index in [1.165, 1.54) is 11.8 Å². The predicted molar refractivity (Wildman–Crippen MR) is 79.8 cm³/mol. The molecule has 1 amide bonds. The number of carbonyl (C=O) groups excluding carboxylic acids is 2. The second kappa shape index (κ2) is 5.97. The summed E-state index contributed by atoms with van der Waals surface area (Å²) in [5.74, 6) is 1.000. The summed E-state index contributed by atoms with van der Waals surface area (Å²) in [5, 5.41) is 0.701. The fourth-order valence-corrected chi connectivity index (χ4v) is 3.22. The van der Waals surface area contributed by atoms with Gasteiger partial charge in [0, 0.05) is 25.6 Å². The van der Waals surface area contributed by atoms with E-state index in [0.29, 0.717) is 23.7 Å². The summed E-state index contributed by atoms with van der Waals surface area (Å²) in [5.41, 5.74) is 1.84. The lowest BCUT2D eigenvalue weighted by molar-refractivity contribution is -0.117. The number of nitrogens with zero attached hydrogens (tertiary/aromatic N) is 1. The normalized spacial score (nSPS) is 19.0. The van der Waals surface area contributed by atoms with Crippen LogP contribution < -0.4 is 4.90 Å². The third-order valence-corrected chi connectivity index (χ3v) is 4.47. The first-order valence-corrected chi connectivity index (χ1v) is 7.53. The summed E-state index contributed by atoms with van der Waals surface area (Å²) in [6.07, 6.45) is 0.491. The van der Waals surface area contributed by atoms with Crippen molar-refractivity contribution in [3.05, 3.63) is 28.8 Å². The van der Waals surface area contributed by atoms with E-state index in [9.17, 15) is 9.59 Å². The smallest absolute Gasteiger partial charge is 0.227 e. The van der Waals surface area contributed by atoms with E-state index in [4.69, 9.17) is 11.6 Å². The summed E-state index contributed by atoms with van der Waals surface area (Å²) in [4.78, 5) is 24.7. The minimum Gasteiger partial charge on any atom is -0.311 e. The Labute approximate surface area is 122 Å². The molecule has 1 aromatic rings. The zero-order valence-corrected chi connectivity index (χ0v) is 12.6. The average Bonchev–Trinajstić information content (AvgIpc) is 2.68. The van der Waals surface area contributed by atoms with Crippen molar-refractivity contribution in [2.75, 3.05) is 17.2 Å². The van der Waals surface area contributed by atoms with Gasteiger partial charge in [-0.25, -0.2) is 0 Å². The topological polar surface area (TPSA) is 37.4 Å². The summed E-state index contributed by atoms with van der Waals surface area (Å²) in [7, 11) is 0. The number of benzene rings is 1. The second-order valence-electron chi connectivity index (χ2n) is 4.83. The lowest BCUT2D eigenvalue weighted by Crippen LogP contribution is -2.25. The van der Waals surface area contributed by atoms with Crippen LogP contribution in [0.4, 0.5) is 5.69 Å². The van der Waals surface area contributed by atoms with Gasteiger partial charge < -0.3 is 4.90 Å². The third kappa shape index (κ3) is 3.51. The van der Waals surface area contributed by atoms with Crippen LogP contribution in [0.2, 0.25) is 5.02 Å². The van der Waals surface area contributed by atoms with Crippen LogP contribution in [0.1, 0.15) is 18.9 Å². The van der Waals surface area contributed by atoms with Crippen molar-refractivity contribution >= 4 is 40.1 Å². The number of hydrogen-bond acceptors (Lipinski definition) is 3. The number of hydrogen-bond donors (Lipinski definition) is 0. The van der Waals surface area contributed by atoms with E-state index in [2.05, 4.69) is 0 Å². The van der Waals surface area contributed by atoms with Gasteiger partial charge in [0.1, 0.15) is 0 Å². The largest absolute Gasteiger partial charge is 0.311 e. The Kier molecular flexibility index (Phi) is 4.53. The molecule has 1 unspecified atom stereocenters. The molecule has 0 radical (unpaired) electrons. The van der Waals surface area contributed by atoms with Gasteiger partial charge in [0.05, 0.1) is 10.7 Å². The SMILES string of the molecule is CC(=O)SCC1CC(=O)N(c2ccc(C)cc2Cl)C1. The first kappa shape index (κ1) is 14.4. The van der Waals surface area contributed by atoms with Crippen molar-refractivity contribution < 1.29 is 9.59 Å². The number of thioether (sulfide) groups is 1. The lowest BCUT2D eigenvalue weighted by atomic mass is 10.1. The van der Waals surface area contributed by atoms with E-state index in [-0.39, 0.29) is 16.9 Å². The summed E-state index contributed by atoms with van der Waals surface area (Å²) in [6, 6.07) is 5.70. The molecule has 1 aliphatic heterocycles. The van der Waals surface area contributed by atoms with Crippen LogP contribution in [0, 0.1) is 12.8 Å². The van der Waals surface area contributed by atoms with Crippen molar-refractivity contribution in [3.8, 4) is 0 Å². The molecule has 3 nitrogen and oxygen atoms in total. The Morgan fingerprint density at radius 1 is 1.53 bits per heavy atom. The highest BCUT2D eigenvalue weighted by Gasteiger charge is 2.31. The highest BCUT2D eigenvalue weighted by molar-refractivity contribution is 8.13. The van der Waals surface area contributed by atoms with Crippen molar-refractivity contribution in [2.45, 2.75) is 20.3 Å². The number of carbonyl (C=O) groups is 2. The van der Waals surface area contributed by atoms with Gasteiger partial charge in [-0.1, -0.05) is 29.4 Å². The fourth-order valence-electron chi connectivity index (χ4n) is 2.19. The van der Waals surface area contributed by atoms with Gasteiger partial charge in [0.2, 0.25) is 5.91 Å². The van der Waals surface area contributed by atoms with Crippen molar-refractivity contribution in [3.63, 3.8) is 0 Å². The van der Waals surface area contributed by atoms with Gasteiger partial charge >= 0.3 is 0 Å². The summed E-state index contributed by atoms with van der Waals surface area (Å²) in [6.45, 7) is 4.16. The number of rotatable bonds is 3. The quantitative estimate of drug-likeness (QED) is 0.859. The highest BCUT2D eigenvalue weighted by Crippen LogP contribution is 2.32. The molecular weight excluding hydrogens is 282 g/mol. The van der Waals surface area contributed by atoms with Crippen molar-refractivity contribution in [1.82, 2.24) is 0 Å². The molecule has 0 aliphatic carbocycles. The number of halogens is 1.